The molecule has 1 aliphatic carbocycles. The van der Waals surface area contributed by atoms with Crippen LogP contribution >= 0.6 is 11.3 Å². The maximum absolute atomic E-state index is 14.8. The van der Waals surface area contributed by atoms with E-state index in [2.05, 4.69) is 4.98 Å². The largest absolute Gasteiger partial charge is 0.461 e. The third-order valence-corrected chi connectivity index (χ3v) is 8.30. The standard InChI is InChI=1S/C27H24F3N3O4S2/c1-3-37-26(34)22-14-38-27(31-22)33-23(13-15-4-5-15)19(24(32-33)17-6-8-18(28)9-7-17)10-16-11-20(29)25(21(30)12-16)39(2,35)36/h6-9,11-12,14-15H,3-5,10,13H2,1-2H3. The summed E-state index contributed by atoms with van der Waals surface area (Å²) >= 11 is 1.20. The van der Waals surface area contributed by atoms with Crippen LogP contribution in [0.2, 0.25) is 0 Å². The number of hydrogen-bond acceptors (Lipinski definition) is 7. The minimum atomic E-state index is -4.11. The summed E-state index contributed by atoms with van der Waals surface area (Å²) in [5, 5.41) is 6.77. The van der Waals surface area contributed by atoms with E-state index in [1.54, 1.807) is 29.1 Å². The van der Waals surface area contributed by atoms with Crippen molar-refractivity contribution in [1.29, 1.82) is 0 Å². The van der Waals surface area contributed by atoms with E-state index in [1.165, 1.54) is 23.5 Å². The normalized spacial score (nSPS) is 13.6. The quantitative estimate of drug-likeness (QED) is 0.244. The molecule has 0 spiro atoms. The van der Waals surface area contributed by atoms with E-state index >= 15 is 0 Å². The minimum Gasteiger partial charge on any atom is -0.461 e. The summed E-state index contributed by atoms with van der Waals surface area (Å²) in [4.78, 5) is 15.7. The van der Waals surface area contributed by atoms with Crippen LogP contribution in [0.25, 0.3) is 16.4 Å². The molecule has 204 valence electrons. The third-order valence-electron chi connectivity index (χ3n) is 6.35. The molecule has 0 N–H and O–H groups in total. The van der Waals surface area contributed by atoms with Crippen LogP contribution in [0, 0.1) is 23.4 Å². The van der Waals surface area contributed by atoms with Crippen LogP contribution in [0.1, 0.15) is 47.1 Å². The summed E-state index contributed by atoms with van der Waals surface area (Å²) in [7, 11) is -4.11. The Morgan fingerprint density at radius 2 is 1.79 bits per heavy atom. The summed E-state index contributed by atoms with van der Waals surface area (Å²) in [5.74, 6) is -2.97. The van der Waals surface area contributed by atoms with Crippen molar-refractivity contribution in [2.45, 2.75) is 37.5 Å². The molecule has 0 saturated heterocycles. The number of nitrogens with zero attached hydrogens (tertiary/aromatic N) is 3. The molecule has 2 heterocycles. The zero-order valence-corrected chi connectivity index (χ0v) is 22.7. The number of benzene rings is 2. The van der Waals surface area contributed by atoms with E-state index in [-0.39, 0.29) is 24.3 Å². The predicted octanol–water partition coefficient (Wildman–Crippen LogP) is 5.54. The number of sulfone groups is 1. The molecule has 5 rings (SSSR count). The second kappa shape index (κ2) is 10.6. The zero-order chi connectivity index (χ0) is 27.9. The molecule has 0 atom stereocenters. The Kier molecular flexibility index (Phi) is 7.34. The van der Waals surface area contributed by atoms with Gasteiger partial charge in [0.1, 0.15) is 22.3 Å². The molecule has 4 aromatic rings. The van der Waals surface area contributed by atoms with E-state index in [0.717, 1.165) is 36.9 Å². The van der Waals surface area contributed by atoms with Gasteiger partial charge in [0.2, 0.25) is 5.13 Å². The first-order valence-electron chi connectivity index (χ1n) is 12.2. The number of carbonyl (C=O) groups is 1. The van der Waals surface area contributed by atoms with Crippen molar-refractivity contribution in [3.05, 3.63) is 81.7 Å². The summed E-state index contributed by atoms with van der Waals surface area (Å²) in [6.07, 6.45) is 3.40. The molecule has 1 fully saturated rings. The molecule has 0 unspecified atom stereocenters. The predicted molar refractivity (Wildman–Crippen MR) is 139 cm³/mol. The highest BCUT2D eigenvalue weighted by atomic mass is 32.2. The van der Waals surface area contributed by atoms with Gasteiger partial charge in [0.05, 0.1) is 18.0 Å². The summed E-state index contributed by atoms with van der Waals surface area (Å²) < 4.78 is 73.7. The van der Waals surface area contributed by atoms with E-state index < -0.39 is 38.2 Å². The Labute approximate surface area is 227 Å². The van der Waals surface area contributed by atoms with Crippen molar-refractivity contribution >= 4 is 27.1 Å². The monoisotopic (exact) mass is 575 g/mol. The van der Waals surface area contributed by atoms with Gasteiger partial charge in [-0.05, 0) is 74.1 Å². The van der Waals surface area contributed by atoms with Gasteiger partial charge in [-0.2, -0.15) is 5.10 Å². The lowest BCUT2D eigenvalue weighted by Crippen LogP contribution is -2.08. The number of carbonyl (C=O) groups excluding carboxylic acids is 1. The SMILES string of the molecule is CCOC(=O)c1csc(-n2nc(-c3ccc(F)cc3)c(Cc3cc(F)c(S(C)(=O)=O)c(F)c3)c2CC2CC2)n1. The molecule has 2 aromatic heterocycles. The molecule has 0 amide bonds. The van der Waals surface area contributed by atoms with Crippen LogP contribution in [0.3, 0.4) is 0 Å². The molecule has 12 heteroatoms. The highest BCUT2D eigenvalue weighted by Crippen LogP contribution is 2.38. The van der Waals surface area contributed by atoms with Crippen LogP contribution < -0.4 is 0 Å². The maximum Gasteiger partial charge on any atom is 0.357 e. The van der Waals surface area contributed by atoms with E-state index in [1.807, 2.05) is 0 Å². The topological polar surface area (TPSA) is 91.2 Å². The molecule has 0 bridgehead atoms. The number of thiazole rings is 1. The first kappa shape index (κ1) is 27.1. The lowest BCUT2D eigenvalue weighted by atomic mass is 9.97. The fourth-order valence-corrected chi connectivity index (χ4v) is 6.00. The highest BCUT2D eigenvalue weighted by Gasteiger charge is 2.30. The smallest absolute Gasteiger partial charge is 0.357 e. The van der Waals surface area contributed by atoms with E-state index in [9.17, 15) is 26.4 Å². The zero-order valence-electron chi connectivity index (χ0n) is 21.1. The molecule has 0 aliphatic heterocycles. The lowest BCUT2D eigenvalue weighted by molar-refractivity contribution is 0.0520. The first-order valence-corrected chi connectivity index (χ1v) is 15.0. The number of esters is 1. The van der Waals surface area contributed by atoms with Gasteiger partial charge in [-0.3, -0.25) is 0 Å². The summed E-state index contributed by atoms with van der Waals surface area (Å²) in [5.41, 5.74) is 2.78. The van der Waals surface area contributed by atoms with Gasteiger partial charge in [-0.15, -0.1) is 11.3 Å². The Bertz CT molecular complexity index is 1640. The summed E-state index contributed by atoms with van der Waals surface area (Å²) in [6.45, 7) is 1.90. The molecular weight excluding hydrogens is 551 g/mol. The van der Waals surface area contributed by atoms with Gasteiger partial charge in [0.25, 0.3) is 0 Å². The van der Waals surface area contributed by atoms with Crippen molar-refractivity contribution in [3.63, 3.8) is 0 Å². The van der Waals surface area contributed by atoms with Crippen molar-refractivity contribution in [2.75, 3.05) is 12.9 Å². The van der Waals surface area contributed by atoms with Crippen LogP contribution in [-0.2, 0) is 27.4 Å². The molecule has 1 aliphatic rings. The van der Waals surface area contributed by atoms with Gasteiger partial charge in [0, 0.05) is 29.2 Å². The van der Waals surface area contributed by atoms with Crippen LogP contribution in [0.5, 0.6) is 0 Å². The van der Waals surface area contributed by atoms with Gasteiger partial charge in [-0.25, -0.2) is 36.0 Å². The minimum absolute atomic E-state index is 0.0305. The fraction of sp³-hybridized carbons (Fsp3) is 0.296. The first-order chi connectivity index (χ1) is 18.5. The van der Waals surface area contributed by atoms with Gasteiger partial charge in [0.15, 0.2) is 15.5 Å². The molecule has 2 aromatic carbocycles. The molecular formula is C27H24F3N3O4S2. The second-order valence-corrected chi connectivity index (χ2v) is 12.2. The molecule has 39 heavy (non-hydrogen) atoms. The van der Waals surface area contributed by atoms with Crippen molar-refractivity contribution in [3.8, 4) is 16.4 Å². The van der Waals surface area contributed by atoms with Gasteiger partial charge < -0.3 is 4.74 Å². The summed E-state index contributed by atoms with van der Waals surface area (Å²) in [6, 6.07) is 7.73. The van der Waals surface area contributed by atoms with Gasteiger partial charge in [-0.1, -0.05) is 0 Å². The number of hydrogen-bond donors (Lipinski definition) is 0. The molecule has 0 radical (unpaired) electrons. The van der Waals surface area contributed by atoms with Crippen molar-refractivity contribution in [1.82, 2.24) is 14.8 Å². The highest BCUT2D eigenvalue weighted by molar-refractivity contribution is 7.90. The Morgan fingerprint density at radius 3 is 2.38 bits per heavy atom. The molecule has 7 nitrogen and oxygen atoms in total. The van der Waals surface area contributed by atoms with Crippen molar-refractivity contribution < 1.29 is 31.1 Å². The van der Waals surface area contributed by atoms with Crippen LogP contribution in [0.15, 0.2) is 46.7 Å². The number of aromatic nitrogens is 3. The van der Waals surface area contributed by atoms with E-state index in [4.69, 9.17) is 9.84 Å². The Hall–Kier alpha value is -3.51. The van der Waals surface area contributed by atoms with Crippen LogP contribution in [0.4, 0.5) is 13.2 Å². The average molecular weight is 576 g/mol. The Balaban J connectivity index is 1.66. The number of halogens is 3. The number of ether oxygens (including phenoxy) is 1. The maximum atomic E-state index is 14.8. The molecule has 1 saturated carbocycles. The van der Waals surface area contributed by atoms with Crippen molar-refractivity contribution in [2.24, 2.45) is 5.92 Å². The fourth-order valence-electron chi connectivity index (χ4n) is 4.41. The third kappa shape index (κ3) is 5.76. The Morgan fingerprint density at radius 1 is 1.13 bits per heavy atom. The number of rotatable bonds is 9. The van der Waals surface area contributed by atoms with E-state index in [0.29, 0.717) is 34.3 Å². The second-order valence-electron chi connectivity index (χ2n) is 9.41. The lowest BCUT2D eigenvalue weighted by Gasteiger charge is -2.10. The van der Waals surface area contributed by atoms with Crippen LogP contribution in [-0.4, -0.2) is 42.0 Å². The van der Waals surface area contributed by atoms with Gasteiger partial charge >= 0.3 is 5.97 Å². The average Bonchev–Trinajstić information content (AvgIpc) is 3.42.